The van der Waals surface area contributed by atoms with Gasteiger partial charge < -0.3 is 9.84 Å². The maximum atomic E-state index is 10.5. The average Bonchev–Trinajstić information content (AvgIpc) is 2.86. The third kappa shape index (κ3) is 3.53. The standard InChI is InChI=1S/C15H14O3S/c1-18-10-11-4-2-3-5-13(11)14-8-6-12(19-14)7-9-15(16)17/h2-9H,10H2,1H3,(H,16,17). The largest absolute Gasteiger partial charge is 0.478 e. The highest BCUT2D eigenvalue weighted by Gasteiger charge is 2.06. The quantitative estimate of drug-likeness (QED) is 0.846. The molecule has 2 rings (SSSR count). The third-order valence-electron chi connectivity index (χ3n) is 2.60. The highest BCUT2D eigenvalue weighted by molar-refractivity contribution is 7.16. The normalized spacial score (nSPS) is 11.0. The first-order valence-electron chi connectivity index (χ1n) is 5.79. The number of ether oxygens (including phenoxy) is 1. The van der Waals surface area contributed by atoms with Crippen LogP contribution in [0.25, 0.3) is 16.5 Å². The maximum absolute atomic E-state index is 10.5. The smallest absolute Gasteiger partial charge is 0.328 e. The minimum Gasteiger partial charge on any atom is -0.478 e. The molecule has 0 aliphatic heterocycles. The van der Waals surface area contributed by atoms with Crippen molar-refractivity contribution < 1.29 is 14.6 Å². The van der Waals surface area contributed by atoms with Gasteiger partial charge in [0.15, 0.2) is 0 Å². The van der Waals surface area contributed by atoms with E-state index >= 15 is 0 Å². The van der Waals surface area contributed by atoms with Crippen molar-refractivity contribution >= 4 is 23.4 Å². The Labute approximate surface area is 115 Å². The van der Waals surface area contributed by atoms with Crippen LogP contribution < -0.4 is 0 Å². The number of hydrogen-bond acceptors (Lipinski definition) is 3. The summed E-state index contributed by atoms with van der Waals surface area (Å²) in [6.45, 7) is 0.564. The van der Waals surface area contributed by atoms with Gasteiger partial charge in [-0.1, -0.05) is 24.3 Å². The lowest BCUT2D eigenvalue weighted by molar-refractivity contribution is -0.131. The van der Waals surface area contributed by atoms with Gasteiger partial charge >= 0.3 is 5.97 Å². The first-order chi connectivity index (χ1) is 9.20. The SMILES string of the molecule is COCc1ccccc1-c1ccc(C=CC(=O)O)s1. The molecule has 0 aliphatic carbocycles. The van der Waals surface area contributed by atoms with E-state index in [2.05, 4.69) is 0 Å². The molecule has 0 bridgehead atoms. The zero-order valence-electron chi connectivity index (χ0n) is 10.5. The fraction of sp³-hybridized carbons (Fsp3) is 0.133. The van der Waals surface area contributed by atoms with Gasteiger partial charge in [0.05, 0.1) is 6.61 Å². The lowest BCUT2D eigenvalue weighted by Crippen LogP contribution is -1.89. The lowest BCUT2D eigenvalue weighted by Gasteiger charge is -2.06. The summed E-state index contributed by atoms with van der Waals surface area (Å²) in [7, 11) is 1.67. The number of thiophene rings is 1. The Bertz CT molecular complexity index is 599. The molecule has 0 radical (unpaired) electrons. The molecule has 0 amide bonds. The molecule has 19 heavy (non-hydrogen) atoms. The number of carboxylic acids is 1. The molecule has 0 atom stereocenters. The van der Waals surface area contributed by atoms with Crippen molar-refractivity contribution in [2.45, 2.75) is 6.61 Å². The Hall–Kier alpha value is -1.91. The van der Waals surface area contributed by atoms with Crippen LogP contribution in [0.4, 0.5) is 0 Å². The summed E-state index contributed by atoms with van der Waals surface area (Å²) in [6, 6.07) is 12.0. The first kappa shape index (κ1) is 13.5. The van der Waals surface area contributed by atoms with Gasteiger partial charge in [0.25, 0.3) is 0 Å². The number of benzene rings is 1. The van der Waals surface area contributed by atoms with Gasteiger partial charge in [0, 0.05) is 22.9 Å². The van der Waals surface area contributed by atoms with E-state index in [-0.39, 0.29) is 0 Å². The average molecular weight is 274 g/mol. The van der Waals surface area contributed by atoms with Crippen LogP contribution in [0.3, 0.4) is 0 Å². The van der Waals surface area contributed by atoms with Crippen LogP contribution in [0.1, 0.15) is 10.4 Å². The van der Waals surface area contributed by atoms with E-state index < -0.39 is 5.97 Å². The second-order valence-corrected chi connectivity index (χ2v) is 5.08. The zero-order valence-corrected chi connectivity index (χ0v) is 11.3. The Morgan fingerprint density at radius 2 is 2.11 bits per heavy atom. The molecule has 2 aromatic rings. The molecule has 1 heterocycles. The summed E-state index contributed by atoms with van der Waals surface area (Å²) in [6.07, 6.45) is 2.76. The van der Waals surface area contributed by atoms with Gasteiger partial charge in [0.1, 0.15) is 0 Å². The second kappa shape index (κ2) is 6.31. The molecule has 1 N–H and O–H groups in total. The molecule has 0 unspecified atom stereocenters. The van der Waals surface area contributed by atoms with E-state index in [1.807, 2.05) is 36.4 Å². The highest BCUT2D eigenvalue weighted by Crippen LogP contribution is 2.31. The van der Waals surface area contributed by atoms with Crippen LogP contribution in [0.5, 0.6) is 0 Å². The minimum absolute atomic E-state index is 0.564. The van der Waals surface area contributed by atoms with Gasteiger partial charge in [-0.3, -0.25) is 0 Å². The number of hydrogen-bond donors (Lipinski definition) is 1. The van der Waals surface area contributed by atoms with Crippen molar-refractivity contribution in [3.8, 4) is 10.4 Å². The number of carboxylic acid groups (broad SMARTS) is 1. The molecule has 0 aliphatic rings. The molecule has 1 aromatic heterocycles. The van der Waals surface area contributed by atoms with Gasteiger partial charge in [0.2, 0.25) is 0 Å². The number of carbonyl (C=O) groups is 1. The van der Waals surface area contributed by atoms with Crippen molar-refractivity contribution in [3.63, 3.8) is 0 Å². The Morgan fingerprint density at radius 3 is 2.84 bits per heavy atom. The monoisotopic (exact) mass is 274 g/mol. The molecule has 0 fully saturated rings. The molecule has 0 spiro atoms. The Kier molecular flexibility index (Phi) is 4.49. The van der Waals surface area contributed by atoms with Crippen LogP contribution in [-0.4, -0.2) is 18.2 Å². The van der Waals surface area contributed by atoms with Crippen molar-refractivity contribution in [3.05, 3.63) is 52.9 Å². The minimum atomic E-state index is -0.935. The third-order valence-corrected chi connectivity index (χ3v) is 3.68. The van der Waals surface area contributed by atoms with Gasteiger partial charge in [-0.05, 0) is 29.3 Å². The molecule has 1 aromatic carbocycles. The van der Waals surface area contributed by atoms with Crippen molar-refractivity contribution in [1.29, 1.82) is 0 Å². The van der Waals surface area contributed by atoms with Crippen LogP contribution >= 0.6 is 11.3 Å². The number of rotatable bonds is 5. The fourth-order valence-corrected chi connectivity index (χ4v) is 2.75. The second-order valence-electron chi connectivity index (χ2n) is 3.96. The Balaban J connectivity index is 2.30. The predicted octanol–water partition coefficient (Wildman–Crippen LogP) is 3.66. The van der Waals surface area contributed by atoms with Gasteiger partial charge in [-0.25, -0.2) is 4.79 Å². The zero-order chi connectivity index (χ0) is 13.7. The van der Waals surface area contributed by atoms with E-state index in [9.17, 15) is 4.79 Å². The van der Waals surface area contributed by atoms with E-state index in [0.29, 0.717) is 6.61 Å². The predicted molar refractivity (Wildman–Crippen MR) is 77.1 cm³/mol. The Morgan fingerprint density at radius 1 is 1.32 bits per heavy atom. The van der Waals surface area contributed by atoms with Crippen LogP contribution in [0, 0.1) is 0 Å². The van der Waals surface area contributed by atoms with Crippen LogP contribution in [-0.2, 0) is 16.1 Å². The van der Waals surface area contributed by atoms with E-state index in [4.69, 9.17) is 9.84 Å². The molecule has 98 valence electrons. The highest BCUT2D eigenvalue weighted by atomic mass is 32.1. The first-order valence-corrected chi connectivity index (χ1v) is 6.60. The number of aliphatic carboxylic acids is 1. The van der Waals surface area contributed by atoms with Crippen molar-refractivity contribution in [1.82, 2.24) is 0 Å². The van der Waals surface area contributed by atoms with E-state index in [1.54, 1.807) is 24.5 Å². The molecular formula is C15H14O3S. The molecule has 0 saturated heterocycles. The summed E-state index contributed by atoms with van der Waals surface area (Å²) in [5.74, 6) is -0.935. The summed E-state index contributed by atoms with van der Waals surface area (Å²) in [5.41, 5.74) is 2.25. The van der Waals surface area contributed by atoms with Crippen LogP contribution in [0.2, 0.25) is 0 Å². The van der Waals surface area contributed by atoms with Gasteiger partial charge in [-0.2, -0.15) is 0 Å². The lowest BCUT2D eigenvalue weighted by atomic mass is 10.1. The van der Waals surface area contributed by atoms with E-state index in [1.165, 1.54) is 0 Å². The van der Waals surface area contributed by atoms with Crippen molar-refractivity contribution in [2.75, 3.05) is 7.11 Å². The molecule has 3 nitrogen and oxygen atoms in total. The van der Waals surface area contributed by atoms with E-state index in [0.717, 1.165) is 27.0 Å². The fourth-order valence-electron chi connectivity index (χ4n) is 1.78. The number of methoxy groups -OCH3 is 1. The molecular weight excluding hydrogens is 260 g/mol. The molecule has 0 saturated carbocycles. The van der Waals surface area contributed by atoms with Gasteiger partial charge in [-0.15, -0.1) is 11.3 Å². The van der Waals surface area contributed by atoms with Crippen molar-refractivity contribution in [2.24, 2.45) is 0 Å². The summed E-state index contributed by atoms with van der Waals surface area (Å²) in [5, 5.41) is 8.61. The van der Waals surface area contributed by atoms with Crippen LogP contribution in [0.15, 0.2) is 42.5 Å². The summed E-state index contributed by atoms with van der Waals surface area (Å²) < 4.78 is 5.19. The maximum Gasteiger partial charge on any atom is 0.328 e. The topological polar surface area (TPSA) is 46.5 Å². The summed E-state index contributed by atoms with van der Waals surface area (Å²) in [4.78, 5) is 12.5. The molecule has 4 heteroatoms. The summed E-state index contributed by atoms with van der Waals surface area (Å²) >= 11 is 1.56.